The molecule has 3 heterocycles. The molecule has 17 heavy (non-hydrogen) atoms. The Bertz CT molecular complexity index is 678. The molecule has 0 aliphatic heterocycles. The number of rotatable bonds is 1. The highest BCUT2D eigenvalue weighted by atomic mass is 35.5. The highest BCUT2D eigenvalue weighted by Crippen LogP contribution is 2.16. The number of nitrogens with zero attached hydrogens (tertiary/aromatic N) is 4. The van der Waals surface area contributed by atoms with Gasteiger partial charge in [-0.15, -0.1) is 5.10 Å². The fourth-order valence-corrected chi connectivity index (χ4v) is 1.64. The van der Waals surface area contributed by atoms with E-state index in [4.69, 9.17) is 11.6 Å². The zero-order valence-corrected chi connectivity index (χ0v) is 9.26. The first-order valence-electron chi connectivity index (χ1n) is 4.86. The Labute approximate surface area is 101 Å². The summed E-state index contributed by atoms with van der Waals surface area (Å²) in [6, 6.07) is 6.35. The highest BCUT2D eigenvalue weighted by molar-refractivity contribution is 6.30. The van der Waals surface area contributed by atoms with Crippen LogP contribution in [0.15, 0.2) is 36.7 Å². The van der Waals surface area contributed by atoms with Gasteiger partial charge in [0.15, 0.2) is 11.5 Å². The molecule has 84 valence electrons. The van der Waals surface area contributed by atoms with Gasteiger partial charge in [-0.25, -0.2) is 14.5 Å². The van der Waals surface area contributed by atoms with Crippen molar-refractivity contribution < 1.29 is 4.39 Å². The van der Waals surface area contributed by atoms with Crippen molar-refractivity contribution in [1.29, 1.82) is 0 Å². The summed E-state index contributed by atoms with van der Waals surface area (Å²) < 4.78 is 14.3. The molecule has 0 unspecified atom stereocenters. The van der Waals surface area contributed by atoms with Crippen LogP contribution < -0.4 is 0 Å². The van der Waals surface area contributed by atoms with E-state index in [9.17, 15) is 4.39 Å². The van der Waals surface area contributed by atoms with Crippen LogP contribution in [-0.2, 0) is 0 Å². The molecule has 3 aromatic rings. The first kappa shape index (κ1) is 10.2. The highest BCUT2D eigenvalue weighted by Gasteiger charge is 2.06. The van der Waals surface area contributed by atoms with Gasteiger partial charge in [0.1, 0.15) is 0 Å². The predicted molar refractivity (Wildman–Crippen MR) is 61.2 cm³/mol. The lowest BCUT2D eigenvalue weighted by molar-refractivity contribution is 0.584. The molecule has 0 aromatic carbocycles. The minimum atomic E-state index is -0.527. The molecule has 0 amide bonds. The van der Waals surface area contributed by atoms with Crippen molar-refractivity contribution in [3.63, 3.8) is 0 Å². The second-order valence-corrected chi connectivity index (χ2v) is 3.89. The molecule has 3 rings (SSSR count). The minimum absolute atomic E-state index is 0.486. The monoisotopic (exact) mass is 248 g/mol. The molecule has 0 radical (unpaired) electrons. The Balaban J connectivity index is 2.14. The van der Waals surface area contributed by atoms with Gasteiger partial charge in [-0.05, 0) is 24.3 Å². The van der Waals surface area contributed by atoms with Crippen molar-refractivity contribution in [2.75, 3.05) is 0 Å². The van der Waals surface area contributed by atoms with Crippen molar-refractivity contribution in [3.05, 3.63) is 47.6 Å². The number of hydrogen-bond acceptors (Lipinski definition) is 3. The van der Waals surface area contributed by atoms with Crippen LogP contribution in [-0.4, -0.2) is 19.6 Å². The number of halogens is 2. The first-order valence-corrected chi connectivity index (χ1v) is 5.24. The third-order valence-electron chi connectivity index (χ3n) is 2.28. The van der Waals surface area contributed by atoms with Gasteiger partial charge in [-0.3, -0.25) is 0 Å². The van der Waals surface area contributed by atoms with Gasteiger partial charge >= 0.3 is 0 Å². The molecule has 4 nitrogen and oxygen atoms in total. The average Bonchev–Trinajstić information content (AvgIpc) is 2.72. The Morgan fingerprint density at radius 3 is 2.82 bits per heavy atom. The smallest absolute Gasteiger partial charge is 0.212 e. The maximum absolute atomic E-state index is 12.7. The zero-order valence-electron chi connectivity index (χ0n) is 8.51. The van der Waals surface area contributed by atoms with E-state index in [-0.39, 0.29) is 0 Å². The Hall–Kier alpha value is -2.01. The Morgan fingerprint density at radius 2 is 2.06 bits per heavy atom. The third-order valence-corrected chi connectivity index (χ3v) is 2.50. The van der Waals surface area contributed by atoms with E-state index in [0.717, 1.165) is 0 Å². The van der Waals surface area contributed by atoms with Crippen LogP contribution in [0.1, 0.15) is 0 Å². The van der Waals surface area contributed by atoms with Crippen LogP contribution in [0.5, 0.6) is 0 Å². The largest absolute Gasteiger partial charge is 0.228 e. The fraction of sp³-hybridized carbons (Fsp3) is 0. The van der Waals surface area contributed by atoms with Crippen molar-refractivity contribution in [3.8, 4) is 11.4 Å². The molecule has 0 N–H and O–H groups in total. The second kappa shape index (κ2) is 3.78. The van der Waals surface area contributed by atoms with Gasteiger partial charge in [0.05, 0.1) is 5.02 Å². The van der Waals surface area contributed by atoms with Gasteiger partial charge < -0.3 is 0 Å². The van der Waals surface area contributed by atoms with E-state index in [2.05, 4.69) is 15.1 Å². The van der Waals surface area contributed by atoms with Gasteiger partial charge in [-0.2, -0.15) is 4.39 Å². The van der Waals surface area contributed by atoms with Gasteiger partial charge in [0, 0.05) is 18.0 Å². The molecule has 3 aromatic heterocycles. The molecule has 0 saturated carbocycles. The molecule has 0 fully saturated rings. The fourth-order valence-electron chi connectivity index (χ4n) is 1.49. The lowest BCUT2D eigenvalue weighted by Gasteiger charge is -1.92. The number of hydrogen-bond donors (Lipinski definition) is 0. The summed E-state index contributed by atoms with van der Waals surface area (Å²) in [5.74, 6) is -0.0414. The second-order valence-electron chi connectivity index (χ2n) is 3.46. The third kappa shape index (κ3) is 1.85. The number of pyridine rings is 2. The quantitative estimate of drug-likeness (QED) is 0.622. The first-order chi connectivity index (χ1) is 8.22. The average molecular weight is 249 g/mol. The lowest BCUT2D eigenvalue weighted by Crippen LogP contribution is -1.87. The number of fused-ring (bicyclic) bond motifs is 1. The molecule has 0 aliphatic rings. The molecule has 0 atom stereocenters. The van der Waals surface area contributed by atoms with Crippen molar-refractivity contribution >= 4 is 17.2 Å². The summed E-state index contributed by atoms with van der Waals surface area (Å²) >= 11 is 5.84. The van der Waals surface area contributed by atoms with E-state index < -0.39 is 5.95 Å². The summed E-state index contributed by atoms with van der Waals surface area (Å²) in [6.07, 6.45) is 3.05. The summed E-state index contributed by atoms with van der Waals surface area (Å²) in [5.41, 5.74) is 1.33. The summed E-state index contributed by atoms with van der Waals surface area (Å²) in [6.45, 7) is 0. The van der Waals surface area contributed by atoms with Crippen LogP contribution in [0, 0.1) is 5.95 Å². The summed E-state index contributed by atoms with van der Waals surface area (Å²) in [7, 11) is 0. The number of aromatic nitrogens is 4. The molecular formula is C11H6ClFN4. The molecule has 0 saturated heterocycles. The van der Waals surface area contributed by atoms with Crippen LogP contribution in [0.2, 0.25) is 5.02 Å². The van der Waals surface area contributed by atoms with Crippen LogP contribution in [0.25, 0.3) is 17.0 Å². The van der Waals surface area contributed by atoms with E-state index in [1.54, 1.807) is 28.9 Å². The SMILES string of the molecule is Fc1ccc(-c2nc3ccc(Cl)cn3n2)cn1. The molecule has 0 bridgehead atoms. The lowest BCUT2D eigenvalue weighted by atomic mass is 10.3. The van der Waals surface area contributed by atoms with Crippen LogP contribution >= 0.6 is 11.6 Å². The van der Waals surface area contributed by atoms with Crippen molar-refractivity contribution in [1.82, 2.24) is 19.6 Å². The van der Waals surface area contributed by atoms with E-state index >= 15 is 0 Å². The standard InChI is InChI=1S/C11H6ClFN4/c12-8-2-4-10-15-11(16-17(10)6-8)7-1-3-9(13)14-5-7/h1-6H. The molecule has 0 spiro atoms. The van der Waals surface area contributed by atoms with Crippen molar-refractivity contribution in [2.45, 2.75) is 0 Å². The van der Waals surface area contributed by atoms with Crippen LogP contribution in [0.3, 0.4) is 0 Å². The van der Waals surface area contributed by atoms with E-state index in [0.29, 0.717) is 22.1 Å². The Kier molecular flexibility index (Phi) is 2.26. The normalized spacial score (nSPS) is 10.9. The topological polar surface area (TPSA) is 43.1 Å². The van der Waals surface area contributed by atoms with E-state index in [1.165, 1.54) is 12.3 Å². The predicted octanol–water partition coefficient (Wildman–Crippen LogP) is 2.58. The van der Waals surface area contributed by atoms with Gasteiger partial charge in [0.2, 0.25) is 5.95 Å². The molecular weight excluding hydrogens is 243 g/mol. The van der Waals surface area contributed by atoms with Crippen LogP contribution in [0.4, 0.5) is 4.39 Å². The summed E-state index contributed by atoms with van der Waals surface area (Å²) in [5, 5.41) is 4.81. The van der Waals surface area contributed by atoms with Gasteiger partial charge in [-0.1, -0.05) is 11.6 Å². The molecule has 6 heteroatoms. The van der Waals surface area contributed by atoms with Gasteiger partial charge in [0.25, 0.3) is 0 Å². The Morgan fingerprint density at radius 1 is 1.18 bits per heavy atom. The minimum Gasteiger partial charge on any atom is -0.228 e. The maximum Gasteiger partial charge on any atom is 0.212 e. The van der Waals surface area contributed by atoms with E-state index in [1.807, 2.05) is 0 Å². The zero-order chi connectivity index (χ0) is 11.8. The van der Waals surface area contributed by atoms with Crippen molar-refractivity contribution in [2.24, 2.45) is 0 Å². The molecule has 0 aliphatic carbocycles. The maximum atomic E-state index is 12.7. The summed E-state index contributed by atoms with van der Waals surface area (Å²) in [4.78, 5) is 7.85.